The molecule has 43 heavy (non-hydrogen) atoms. The van der Waals surface area contributed by atoms with Crippen molar-refractivity contribution in [1.82, 2.24) is 10.2 Å². The van der Waals surface area contributed by atoms with Gasteiger partial charge in [-0.25, -0.2) is 0 Å². The van der Waals surface area contributed by atoms with Crippen molar-refractivity contribution in [2.75, 3.05) is 27.2 Å². The number of oxime groups is 1. The molecule has 0 aromatic heterocycles. The van der Waals surface area contributed by atoms with E-state index < -0.39 is 58.0 Å². The quantitative estimate of drug-likeness (QED) is 0.146. The SMILES string of the molecule is CCO/N=C(\C)c1cc(CNCC(C)(C)C)c(O)c2c1C[C@H]1C[C@H]3[C@H](N(C)C)C(=O)C(C(N)=O)=C(O)[C@@]3(O)C(=O)C1=C2O. The molecule has 3 aliphatic carbocycles. The number of hydrogen-bond donors (Lipinski definition) is 6. The van der Waals surface area contributed by atoms with Crippen LogP contribution in [0.3, 0.4) is 0 Å². The number of aromatic hydroxyl groups is 1. The number of benzene rings is 1. The number of carbonyl (C=O) groups is 3. The number of aliphatic hydroxyl groups is 3. The van der Waals surface area contributed by atoms with E-state index in [-0.39, 0.29) is 41.7 Å². The second kappa shape index (κ2) is 11.4. The number of primary amides is 1. The lowest BCUT2D eigenvalue weighted by Crippen LogP contribution is -2.65. The van der Waals surface area contributed by atoms with E-state index in [0.717, 1.165) is 0 Å². The number of Topliss-reactive ketones (excluding diaryl/α,β-unsaturated/α-hetero) is 2. The maximum atomic E-state index is 14.1. The average molecular weight is 599 g/mol. The van der Waals surface area contributed by atoms with Gasteiger partial charge in [-0.05, 0) is 63.7 Å². The standard InChI is InChI=1S/C31H42N4O8/c1-8-43-34-14(2)17-10-16(12-33-13-30(3,4)5)24(36)21-18(17)9-15-11-19-23(35(6)7)26(38)22(29(32)41)28(40)31(19,42)27(39)20(15)25(21)37/h10,15,19,23,33,36-37,40,42H,8-9,11-13H2,1-7H3,(H2,32,41)/b34-14+/t15-,19-,23-,31-/m0/s1. The summed E-state index contributed by atoms with van der Waals surface area (Å²) < 4.78 is 0. The minimum atomic E-state index is -2.69. The van der Waals surface area contributed by atoms with Gasteiger partial charge < -0.3 is 36.3 Å². The van der Waals surface area contributed by atoms with Gasteiger partial charge >= 0.3 is 0 Å². The number of amides is 1. The molecule has 0 spiro atoms. The Kier molecular flexibility index (Phi) is 8.53. The van der Waals surface area contributed by atoms with E-state index in [0.29, 0.717) is 35.6 Å². The van der Waals surface area contributed by atoms with Crippen molar-refractivity contribution in [1.29, 1.82) is 0 Å². The Bertz CT molecular complexity index is 1470. The van der Waals surface area contributed by atoms with Crippen molar-refractivity contribution in [3.8, 4) is 5.75 Å². The van der Waals surface area contributed by atoms with Gasteiger partial charge in [0.25, 0.3) is 5.91 Å². The van der Waals surface area contributed by atoms with Crippen LogP contribution in [-0.4, -0.2) is 87.4 Å². The number of likely N-dealkylation sites (N-methyl/N-ethyl adjacent to an activating group) is 1. The van der Waals surface area contributed by atoms with Crippen LogP contribution in [0.25, 0.3) is 5.76 Å². The van der Waals surface area contributed by atoms with Gasteiger partial charge in [-0.1, -0.05) is 25.9 Å². The molecule has 1 fully saturated rings. The highest BCUT2D eigenvalue weighted by Crippen LogP contribution is 2.53. The second-order valence-electron chi connectivity index (χ2n) is 13.0. The number of nitrogens with two attached hydrogens (primary N) is 1. The molecule has 7 N–H and O–H groups in total. The highest BCUT2D eigenvalue weighted by molar-refractivity contribution is 6.24. The van der Waals surface area contributed by atoms with E-state index >= 15 is 0 Å². The number of ketones is 2. The fourth-order valence-electron chi connectivity index (χ4n) is 6.61. The highest BCUT2D eigenvalue weighted by atomic mass is 16.6. The van der Waals surface area contributed by atoms with Crippen LogP contribution < -0.4 is 11.1 Å². The Morgan fingerprint density at radius 1 is 1.23 bits per heavy atom. The van der Waals surface area contributed by atoms with E-state index in [2.05, 4.69) is 31.2 Å². The molecule has 0 heterocycles. The number of nitrogens with one attached hydrogen (secondary N) is 1. The molecule has 3 aliphatic rings. The van der Waals surface area contributed by atoms with Gasteiger partial charge in [-0.3, -0.25) is 19.3 Å². The number of hydrogen-bond acceptors (Lipinski definition) is 11. The summed E-state index contributed by atoms with van der Waals surface area (Å²) >= 11 is 0. The third-order valence-electron chi connectivity index (χ3n) is 8.49. The molecule has 0 unspecified atom stereocenters. The molecule has 12 nitrogen and oxygen atoms in total. The number of aliphatic hydroxyl groups excluding tert-OH is 2. The first kappa shape index (κ1) is 32.2. The Labute approximate surface area is 250 Å². The first-order valence-corrected chi connectivity index (χ1v) is 14.4. The number of phenols is 1. The normalized spacial score (nSPS) is 26.0. The average Bonchev–Trinajstić information content (AvgIpc) is 2.89. The molecule has 1 aromatic rings. The largest absolute Gasteiger partial charge is 0.508 e. The molecular formula is C31H42N4O8. The minimum Gasteiger partial charge on any atom is -0.508 e. The van der Waals surface area contributed by atoms with Crippen LogP contribution in [0.15, 0.2) is 28.1 Å². The van der Waals surface area contributed by atoms with E-state index in [1.807, 2.05) is 0 Å². The van der Waals surface area contributed by atoms with Crippen molar-refractivity contribution in [2.45, 2.75) is 65.6 Å². The first-order chi connectivity index (χ1) is 20.0. The van der Waals surface area contributed by atoms with Crippen molar-refractivity contribution < 1.29 is 39.6 Å². The van der Waals surface area contributed by atoms with Crippen LogP contribution in [0.5, 0.6) is 5.75 Å². The fraction of sp³-hybridized carbons (Fsp3) is 0.548. The third-order valence-corrected chi connectivity index (χ3v) is 8.49. The summed E-state index contributed by atoms with van der Waals surface area (Å²) in [5, 5.41) is 53.5. The van der Waals surface area contributed by atoms with E-state index in [4.69, 9.17) is 10.6 Å². The Morgan fingerprint density at radius 2 is 1.88 bits per heavy atom. The zero-order valence-electron chi connectivity index (χ0n) is 25.7. The molecule has 12 heteroatoms. The van der Waals surface area contributed by atoms with E-state index in [1.165, 1.54) is 4.90 Å². The molecule has 1 aromatic carbocycles. The molecule has 4 rings (SSSR count). The highest BCUT2D eigenvalue weighted by Gasteiger charge is 2.64. The summed E-state index contributed by atoms with van der Waals surface area (Å²) in [4.78, 5) is 46.4. The van der Waals surface area contributed by atoms with E-state index in [9.17, 15) is 34.8 Å². The summed E-state index contributed by atoms with van der Waals surface area (Å²) in [6.07, 6.45) is 0.161. The van der Waals surface area contributed by atoms with Gasteiger partial charge in [0.2, 0.25) is 5.78 Å². The summed E-state index contributed by atoms with van der Waals surface area (Å²) in [6.45, 7) is 10.9. The van der Waals surface area contributed by atoms with Gasteiger partial charge in [-0.2, -0.15) is 0 Å². The molecule has 0 bridgehead atoms. The predicted molar refractivity (Wildman–Crippen MR) is 159 cm³/mol. The molecule has 0 radical (unpaired) electrons. The lowest BCUT2D eigenvalue weighted by atomic mass is 9.57. The number of rotatable bonds is 8. The van der Waals surface area contributed by atoms with Crippen molar-refractivity contribution in [3.05, 3.63) is 45.2 Å². The predicted octanol–water partition coefficient (Wildman–Crippen LogP) is 1.86. The number of carbonyl (C=O) groups excluding carboxylic acids is 3. The lowest BCUT2D eigenvalue weighted by Gasteiger charge is -2.50. The van der Waals surface area contributed by atoms with Crippen LogP contribution in [0, 0.1) is 17.3 Å². The van der Waals surface area contributed by atoms with Crippen LogP contribution in [0.2, 0.25) is 0 Å². The van der Waals surface area contributed by atoms with Gasteiger partial charge in [-0.15, -0.1) is 0 Å². The Balaban J connectivity index is 1.95. The smallest absolute Gasteiger partial charge is 0.255 e. The molecule has 1 amide bonds. The van der Waals surface area contributed by atoms with Gasteiger partial charge in [0.05, 0.1) is 17.3 Å². The van der Waals surface area contributed by atoms with Crippen molar-refractivity contribution in [3.63, 3.8) is 0 Å². The zero-order valence-corrected chi connectivity index (χ0v) is 25.7. The molecule has 4 atom stereocenters. The topological polar surface area (TPSA) is 195 Å². The Hall–Kier alpha value is -3.74. The summed E-state index contributed by atoms with van der Waals surface area (Å²) in [5.41, 5.74) is 3.72. The van der Waals surface area contributed by atoms with Gasteiger partial charge in [0.15, 0.2) is 11.4 Å². The van der Waals surface area contributed by atoms with Crippen LogP contribution in [-0.2, 0) is 32.2 Å². The van der Waals surface area contributed by atoms with Gasteiger partial charge in [0, 0.05) is 35.7 Å². The van der Waals surface area contributed by atoms with Crippen LogP contribution in [0.4, 0.5) is 0 Å². The molecule has 1 saturated carbocycles. The third kappa shape index (κ3) is 5.32. The molecule has 0 saturated heterocycles. The van der Waals surface area contributed by atoms with Crippen LogP contribution in [0.1, 0.15) is 63.3 Å². The minimum absolute atomic E-state index is 0.00248. The summed E-state index contributed by atoms with van der Waals surface area (Å²) in [6, 6.07) is 0.629. The number of nitrogens with zero attached hydrogens (tertiary/aromatic N) is 2. The zero-order chi connectivity index (χ0) is 32.2. The van der Waals surface area contributed by atoms with Crippen molar-refractivity contribution in [2.24, 2.45) is 28.1 Å². The van der Waals surface area contributed by atoms with Gasteiger partial charge in [0.1, 0.15) is 29.4 Å². The number of phenolic OH excluding ortho intramolecular Hbond substituents is 1. The molecular weight excluding hydrogens is 556 g/mol. The Morgan fingerprint density at radius 3 is 2.44 bits per heavy atom. The maximum absolute atomic E-state index is 14.1. The summed E-state index contributed by atoms with van der Waals surface area (Å²) in [7, 11) is 3.12. The van der Waals surface area contributed by atoms with E-state index in [1.54, 1.807) is 34.0 Å². The summed E-state index contributed by atoms with van der Waals surface area (Å²) in [5.74, 6) is -6.86. The fourth-order valence-corrected chi connectivity index (χ4v) is 6.61. The molecule has 0 aliphatic heterocycles. The monoisotopic (exact) mass is 598 g/mol. The first-order valence-electron chi connectivity index (χ1n) is 14.4. The molecule has 234 valence electrons. The lowest BCUT2D eigenvalue weighted by molar-refractivity contribution is -0.153. The maximum Gasteiger partial charge on any atom is 0.255 e. The number of fused-ring (bicyclic) bond motifs is 3. The van der Waals surface area contributed by atoms with Crippen molar-refractivity contribution >= 4 is 28.9 Å². The second-order valence-corrected chi connectivity index (χ2v) is 13.0. The van der Waals surface area contributed by atoms with Crippen LogP contribution >= 0.6 is 0 Å².